The average Bonchev–Trinajstić information content (AvgIpc) is 2.63. The van der Waals surface area contributed by atoms with E-state index in [9.17, 15) is 0 Å². The predicted octanol–water partition coefficient (Wildman–Crippen LogP) is 5.27. The van der Waals surface area contributed by atoms with Gasteiger partial charge < -0.3 is 0 Å². The Morgan fingerprint density at radius 2 is 1.73 bits per heavy atom. The number of benzene rings is 2. The van der Waals surface area contributed by atoms with E-state index in [0.717, 1.165) is 30.0 Å². The highest BCUT2D eigenvalue weighted by Gasteiger charge is 2.32. The molecule has 2 nitrogen and oxygen atoms in total. The van der Waals surface area contributed by atoms with Crippen LogP contribution in [0.1, 0.15) is 29.5 Å². The lowest BCUT2D eigenvalue weighted by atomic mass is 9.80. The van der Waals surface area contributed by atoms with Crippen LogP contribution in [0, 0.1) is 5.92 Å². The molecular weight excluding hydrogens is 340 g/mol. The normalized spacial score (nSPS) is 22.8. The fraction of sp³-hybridized carbons (Fsp3) is 0.348. The Hall–Kier alpha value is -1.90. The molecule has 0 amide bonds. The van der Waals surface area contributed by atoms with Crippen molar-refractivity contribution in [2.24, 2.45) is 5.92 Å². The Bertz CT molecular complexity index is 952. The molecule has 1 aliphatic carbocycles. The lowest BCUT2D eigenvalue weighted by Crippen LogP contribution is -2.46. The first-order valence-corrected chi connectivity index (χ1v) is 9.99. The molecule has 0 unspecified atom stereocenters. The van der Waals surface area contributed by atoms with E-state index in [1.165, 1.54) is 36.8 Å². The molecule has 6 rings (SSSR count). The van der Waals surface area contributed by atoms with Crippen LogP contribution in [-0.4, -0.2) is 22.5 Å². The van der Waals surface area contributed by atoms with Crippen molar-refractivity contribution in [3.63, 3.8) is 0 Å². The molecule has 132 valence electrons. The molecule has 1 saturated heterocycles. The molecule has 3 aromatic rings. The second-order valence-corrected chi connectivity index (χ2v) is 8.19. The second kappa shape index (κ2) is 6.68. The number of fused-ring (bicyclic) bond motifs is 3. The molecule has 0 spiro atoms. The van der Waals surface area contributed by atoms with E-state index in [2.05, 4.69) is 52.3 Å². The third-order valence-electron chi connectivity index (χ3n) is 6.12. The van der Waals surface area contributed by atoms with Crippen molar-refractivity contribution in [3.05, 3.63) is 76.4 Å². The van der Waals surface area contributed by atoms with Crippen molar-refractivity contribution in [2.45, 2.75) is 38.3 Å². The molecule has 3 heterocycles. The molecule has 2 atom stereocenters. The van der Waals surface area contributed by atoms with Crippen LogP contribution in [-0.2, 0) is 19.4 Å². The second-order valence-electron chi connectivity index (χ2n) is 7.83. The topological polar surface area (TPSA) is 16.1 Å². The summed E-state index contributed by atoms with van der Waals surface area (Å²) in [4.78, 5) is 7.27. The molecule has 2 bridgehead atoms. The van der Waals surface area contributed by atoms with Gasteiger partial charge in [0, 0.05) is 30.1 Å². The fourth-order valence-electron chi connectivity index (χ4n) is 4.76. The zero-order valence-corrected chi connectivity index (χ0v) is 15.6. The van der Waals surface area contributed by atoms with Gasteiger partial charge in [-0.05, 0) is 54.9 Å². The van der Waals surface area contributed by atoms with Gasteiger partial charge in [0.15, 0.2) is 0 Å². The quantitative estimate of drug-likeness (QED) is 0.577. The van der Waals surface area contributed by atoms with Gasteiger partial charge in [0.05, 0.1) is 5.52 Å². The maximum atomic E-state index is 6.54. The number of aromatic nitrogens is 1. The van der Waals surface area contributed by atoms with Gasteiger partial charge in [-0.15, -0.1) is 0 Å². The van der Waals surface area contributed by atoms with Crippen LogP contribution in [0.2, 0.25) is 5.15 Å². The maximum Gasteiger partial charge on any atom is 0.134 e. The predicted molar refractivity (Wildman–Crippen MR) is 108 cm³/mol. The van der Waals surface area contributed by atoms with Crippen LogP contribution < -0.4 is 0 Å². The maximum absolute atomic E-state index is 6.54. The molecule has 3 aliphatic rings. The Balaban J connectivity index is 1.45. The van der Waals surface area contributed by atoms with E-state index in [-0.39, 0.29) is 0 Å². The summed E-state index contributed by atoms with van der Waals surface area (Å²) >= 11 is 6.54. The minimum atomic E-state index is 0.607. The summed E-state index contributed by atoms with van der Waals surface area (Å²) in [6, 6.07) is 20.1. The Labute approximate surface area is 159 Å². The van der Waals surface area contributed by atoms with Gasteiger partial charge in [0.1, 0.15) is 5.15 Å². The summed E-state index contributed by atoms with van der Waals surface area (Å²) in [6.45, 7) is 2.07. The van der Waals surface area contributed by atoms with Gasteiger partial charge in [-0.25, -0.2) is 4.98 Å². The van der Waals surface area contributed by atoms with Crippen molar-refractivity contribution in [2.75, 3.05) is 6.54 Å². The van der Waals surface area contributed by atoms with E-state index < -0.39 is 0 Å². The molecule has 1 fully saturated rings. The summed E-state index contributed by atoms with van der Waals surface area (Å²) in [7, 11) is 0. The average molecular weight is 363 g/mol. The summed E-state index contributed by atoms with van der Waals surface area (Å²) in [5.74, 6) is 0.750. The van der Waals surface area contributed by atoms with Gasteiger partial charge in [0.2, 0.25) is 0 Å². The van der Waals surface area contributed by atoms with Crippen LogP contribution >= 0.6 is 11.6 Å². The van der Waals surface area contributed by atoms with Gasteiger partial charge in [-0.1, -0.05) is 54.1 Å². The number of hydrogen-bond donors (Lipinski definition) is 0. The highest BCUT2D eigenvalue weighted by Crippen LogP contribution is 2.34. The fourth-order valence-corrected chi connectivity index (χ4v) is 4.97. The van der Waals surface area contributed by atoms with Gasteiger partial charge in [-0.3, -0.25) is 4.90 Å². The lowest BCUT2D eigenvalue weighted by molar-refractivity contribution is 0.0938. The van der Waals surface area contributed by atoms with E-state index in [1.54, 1.807) is 5.56 Å². The van der Waals surface area contributed by atoms with Crippen LogP contribution in [0.15, 0.2) is 54.6 Å². The largest absolute Gasteiger partial charge is 0.295 e. The molecule has 0 saturated carbocycles. The van der Waals surface area contributed by atoms with Gasteiger partial charge >= 0.3 is 0 Å². The number of halogens is 1. The van der Waals surface area contributed by atoms with Crippen molar-refractivity contribution >= 4 is 22.5 Å². The third kappa shape index (κ3) is 3.02. The standard InChI is InChI=1S/C23H23ClN2/c24-23-20(12-19-7-3-4-8-22(19)25-23)15-26-14-16-9-10-21(26)13-18-6-2-1-5-17(18)11-16/h1-8,12,16,21H,9-11,13-15H2/t16-,21-/m1/s1. The van der Waals surface area contributed by atoms with Crippen molar-refractivity contribution in [1.82, 2.24) is 9.88 Å². The highest BCUT2D eigenvalue weighted by atomic mass is 35.5. The third-order valence-corrected chi connectivity index (χ3v) is 6.45. The molecule has 26 heavy (non-hydrogen) atoms. The first-order valence-electron chi connectivity index (χ1n) is 9.61. The zero-order valence-electron chi connectivity index (χ0n) is 14.9. The molecular formula is C23H23ClN2. The monoisotopic (exact) mass is 362 g/mol. The molecule has 0 N–H and O–H groups in total. The van der Waals surface area contributed by atoms with Crippen LogP contribution in [0.25, 0.3) is 10.9 Å². The van der Waals surface area contributed by atoms with Gasteiger partial charge in [0.25, 0.3) is 0 Å². The van der Waals surface area contributed by atoms with Crippen molar-refractivity contribution in [3.8, 4) is 0 Å². The Morgan fingerprint density at radius 1 is 0.962 bits per heavy atom. The number of hydrogen-bond acceptors (Lipinski definition) is 2. The van der Waals surface area contributed by atoms with Crippen LogP contribution in [0.5, 0.6) is 0 Å². The van der Waals surface area contributed by atoms with E-state index in [0.29, 0.717) is 11.2 Å². The number of para-hydroxylation sites is 1. The minimum Gasteiger partial charge on any atom is -0.295 e. The first-order chi connectivity index (χ1) is 12.8. The number of pyridine rings is 1. The van der Waals surface area contributed by atoms with Crippen molar-refractivity contribution < 1.29 is 0 Å². The molecule has 3 heteroatoms. The Kier molecular flexibility index (Phi) is 4.18. The summed E-state index contributed by atoms with van der Waals surface area (Å²) in [5.41, 5.74) is 5.23. The summed E-state index contributed by atoms with van der Waals surface area (Å²) in [6.07, 6.45) is 5.00. The zero-order chi connectivity index (χ0) is 17.5. The van der Waals surface area contributed by atoms with E-state index >= 15 is 0 Å². The lowest BCUT2D eigenvalue weighted by Gasteiger charge is -2.42. The minimum absolute atomic E-state index is 0.607. The molecule has 2 aromatic carbocycles. The number of nitrogens with zero attached hydrogens (tertiary/aromatic N) is 2. The number of rotatable bonds is 2. The first kappa shape index (κ1) is 16.3. The number of piperidine rings is 1. The van der Waals surface area contributed by atoms with E-state index in [1.807, 2.05) is 12.1 Å². The van der Waals surface area contributed by atoms with E-state index in [4.69, 9.17) is 11.6 Å². The van der Waals surface area contributed by atoms with Crippen LogP contribution in [0.4, 0.5) is 0 Å². The summed E-state index contributed by atoms with van der Waals surface area (Å²) in [5, 5.41) is 1.83. The molecule has 0 radical (unpaired) electrons. The Morgan fingerprint density at radius 3 is 2.62 bits per heavy atom. The summed E-state index contributed by atoms with van der Waals surface area (Å²) < 4.78 is 0. The SMILES string of the molecule is Clc1nc2ccccc2cc1CN1C[C@@H]2CC[C@@H]1Cc1ccccc1C2. The van der Waals surface area contributed by atoms with Gasteiger partial charge in [-0.2, -0.15) is 0 Å². The smallest absolute Gasteiger partial charge is 0.134 e. The van der Waals surface area contributed by atoms with Crippen molar-refractivity contribution in [1.29, 1.82) is 0 Å². The highest BCUT2D eigenvalue weighted by molar-refractivity contribution is 6.30. The molecule has 1 aromatic heterocycles. The van der Waals surface area contributed by atoms with Crippen LogP contribution in [0.3, 0.4) is 0 Å². The molecule has 2 aliphatic heterocycles.